The molecule has 1 aliphatic rings. The van der Waals surface area contributed by atoms with Crippen molar-refractivity contribution in [3.8, 4) is 0 Å². The third-order valence-corrected chi connectivity index (χ3v) is 3.52. The van der Waals surface area contributed by atoms with E-state index in [4.69, 9.17) is 4.74 Å². The fourth-order valence-electron chi connectivity index (χ4n) is 2.36. The third kappa shape index (κ3) is 5.22. The van der Waals surface area contributed by atoms with E-state index >= 15 is 0 Å². The van der Waals surface area contributed by atoms with Gasteiger partial charge in [0.2, 0.25) is 0 Å². The zero-order valence-corrected chi connectivity index (χ0v) is 13.2. The predicted molar refractivity (Wildman–Crippen MR) is 79.9 cm³/mol. The van der Waals surface area contributed by atoms with Crippen molar-refractivity contribution in [1.29, 1.82) is 0 Å². The molecule has 0 atom stereocenters. The first kappa shape index (κ1) is 16.6. The standard InChI is InChI=1S/C15H23FN4O2/c1-12(2)22-15(21)20-8-6-19(7-9-20)5-3-4-14-17-10-13(16)11-18-14/h10-12H,3-9H2,1-2H3. The van der Waals surface area contributed by atoms with Crippen LogP contribution in [0.5, 0.6) is 0 Å². The van der Waals surface area contributed by atoms with E-state index in [-0.39, 0.29) is 12.2 Å². The van der Waals surface area contributed by atoms with Gasteiger partial charge in [-0.3, -0.25) is 4.90 Å². The summed E-state index contributed by atoms with van der Waals surface area (Å²) in [5.41, 5.74) is 0. The molecule has 0 aliphatic carbocycles. The van der Waals surface area contributed by atoms with E-state index in [1.807, 2.05) is 13.8 Å². The Balaban J connectivity index is 1.65. The summed E-state index contributed by atoms with van der Waals surface area (Å²) in [5.74, 6) is 0.258. The van der Waals surface area contributed by atoms with Gasteiger partial charge in [-0.2, -0.15) is 0 Å². The Labute approximate surface area is 130 Å². The van der Waals surface area contributed by atoms with E-state index < -0.39 is 5.82 Å². The minimum absolute atomic E-state index is 0.0822. The molecule has 6 nitrogen and oxygen atoms in total. The largest absolute Gasteiger partial charge is 0.447 e. The second kappa shape index (κ2) is 8.03. The van der Waals surface area contributed by atoms with E-state index in [1.54, 1.807) is 4.90 Å². The van der Waals surface area contributed by atoms with Crippen LogP contribution in [0.25, 0.3) is 0 Å². The maximum atomic E-state index is 12.7. The quantitative estimate of drug-likeness (QED) is 0.828. The van der Waals surface area contributed by atoms with Gasteiger partial charge in [-0.15, -0.1) is 0 Å². The molecule has 0 aromatic carbocycles. The van der Waals surface area contributed by atoms with Gasteiger partial charge >= 0.3 is 6.09 Å². The summed E-state index contributed by atoms with van der Waals surface area (Å²) in [4.78, 5) is 23.7. The highest BCUT2D eigenvalue weighted by molar-refractivity contribution is 5.67. The molecule has 7 heteroatoms. The second-order valence-electron chi connectivity index (χ2n) is 5.68. The van der Waals surface area contributed by atoms with Crippen LogP contribution in [0.15, 0.2) is 12.4 Å². The Kier molecular flexibility index (Phi) is 6.06. The number of carbonyl (C=O) groups excluding carboxylic acids is 1. The summed E-state index contributed by atoms with van der Waals surface area (Å²) < 4.78 is 17.9. The number of aryl methyl sites for hydroxylation is 1. The normalized spacial score (nSPS) is 16.1. The maximum absolute atomic E-state index is 12.7. The second-order valence-corrected chi connectivity index (χ2v) is 5.68. The number of halogens is 1. The summed E-state index contributed by atoms with van der Waals surface area (Å²) in [6, 6.07) is 0. The van der Waals surface area contributed by atoms with Crippen molar-refractivity contribution in [2.45, 2.75) is 32.8 Å². The molecular formula is C15H23FN4O2. The Morgan fingerprint density at radius 2 is 1.91 bits per heavy atom. The number of hydrogen-bond donors (Lipinski definition) is 0. The molecule has 1 aromatic rings. The molecule has 1 aliphatic heterocycles. The van der Waals surface area contributed by atoms with Crippen molar-refractivity contribution in [1.82, 2.24) is 19.8 Å². The van der Waals surface area contributed by atoms with Crippen molar-refractivity contribution in [2.24, 2.45) is 0 Å². The zero-order chi connectivity index (χ0) is 15.9. The van der Waals surface area contributed by atoms with Crippen molar-refractivity contribution in [2.75, 3.05) is 32.7 Å². The fraction of sp³-hybridized carbons (Fsp3) is 0.667. The van der Waals surface area contributed by atoms with E-state index in [0.29, 0.717) is 18.9 Å². The SMILES string of the molecule is CC(C)OC(=O)N1CCN(CCCc2ncc(F)cn2)CC1. The Morgan fingerprint density at radius 3 is 2.50 bits per heavy atom. The van der Waals surface area contributed by atoms with Crippen LogP contribution in [-0.4, -0.2) is 64.7 Å². The molecule has 0 radical (unpaired) electrons. The van der Waals surface area contributed by atoms with Crippen molar-refractivity contribution in [3.63, 3.8) is 0 Å². The van der Waals surface area contributed by atoms with Crippen LogP contribution in [0.4, 0.5) is 9.18 Å². The smallest absolute Gasteiger partial charge is 0.410 e. The van der Waals surface area contributed by atoms with Gasteiger partial charge in [-0.25, -0.2) is 19.2 Å². The highest BCUT2D eigenvalue weighted by Crippen LogP contribution is 2.07. The first-order valence-corrected chi connectivity index (χ1v) is 7.69. The minimum Gasteiger partial charge on any atom is -0.447 e. The number of aromatic nitrogens is 2. The van der Waals surface area contributed by atoms with Gasteiger partial charge in [0.05, 0.1) is 18.5 Å². The lowest BCUT2D eigenvalue weighted by molar-refractivity contribution is 0.0570. The summed E-state index contributed by atoms with van der Waals surface area (Å²) in [5, 5.41) is 0. The molecule has 0 spiro atoms. The lowest BCUT2D eigenvalue weighted by Gasteiger charge is -2.34. The molecule has 1 saturated heterocycles. The van der Waals surface area contributed by atoms with Gasteiger partial charge in [-0.1, -0.05) is 0 Å². The average Bonchev–Trinajstić information content (AvgIpc) is 2.49. The lowest BCUT2D eigenvalue weighted by atomic mass is 10.2. The van der Waals surface area contributed by atoms with Gasteiger partial charge in [0.25, 0.3) is 0 Å². The van der Waals surface area contributed by atoms with Crippen LogP contribution in [0, 0.1) is 5.82 Å². The van der Waals surface area contributed by atoms with Crippen LogP contribution in [0.3, 0.4) is 0 Å². The van der Waals surface area contributed by atoms with Crippen molar-refractivity contribution < 1.29 is 13.9 Å². The summed E-state index contributed by atoms with van der Waals surface area (Å²) >= 11 is 0. The molecule has 22 heavy (non-hydrogen) atoms. The van der Waals surface area contributed by atoms with Gasteiger partial charge < -0.3 is 9.64 Å². The van der Waals surface area contributed by atoms with Gasteiger partial charge in [0.1, 0.15) is 5.82 Å². The number of hydrogen-bond acceptors (Lipinski definition) is 5. The summed E-state index contributed by atoms with van der Waals surface area (Å²) in [6.45, 7) is 7.71. The number of ether oxygens (including phenoxy) is 1. The van der Waals surface area contributed by atoms with Crippen molar-refractivity contribution in [3.05, 3.63) is 24.0 Å². The molecule has 0 saturated carbocycles. The molecule has 0 N–H and O–H groups in total. The zero-order valence-electron chi connectivity index (χ0n) is 13.2. The van der Waals surface area contributed by atoms with E-state index in [2.05, 4.69) is 14.9 Å². The third-order valence-electron chi connectivity index (χ3n) is 3.52. The topological polar surface area (TPSA) is 58.6 Å². The summed E-state index contributed by atoms with van der Waals surface area (Å²) in [6.07, 6.45) is 3.73. The maximum Gasteiger partial charge on any atom is 0.410 e. The van der Waals surface area contributed by atoms with Crippen LogP contribution < -0.4 is 0 Å². The monoisotopic (exact) mass is 310 g/mol. The molecule has 1 aromatic heterocycles. The van der Waals surface area contributed by atoms with Crippen LogP contribution in [0.1, 0.15) is 26.1 Å². The lowest BCUT2D eigenvalue weighted by Crippen LogP contribution is -2.49. The van der Waals surface area contributed by atoms with Gasteiger partial charge in [0.15, 0.2) is 5.82 Å². The van der Waals surface area contributed by atoms with E-state index in [9.17, 15) is 9.18 Å². The predicted octanol–water partition coefficient (Wildman–Crippen LogP) is 1.71. The van der Waals surface area contributed by atoms with Gasteiger partial charge in [0, 0.05) is 32.6 Å². The molecule has 0 unspecified atom stereocenters. The number of amides is 1. The Hall–Kier alpha value is -1.76. The van der Waals surface area contributed by atoms with E-state index in [0.717, 1.165) is 32.5 Å². The number of rotatable bonds is 5. The molecule has 122 valence electrons. The Morgan fingerprint density at radius 1 is 1.27 bits per heavy atom. The highest BCUT2D eigenvalue weighted by Gasteiger charge is 2.22. The molecule has 2 rings (SSSR count). The van der Waals surface area contributed by atoms with Crippen LogP contribution >= 0.6 is 0 Å². The first-order valence-electron chi connectivity index (χ1n) is 7.69. The molecule has 2 heterocycles. The average molecular weight is 310 g/mol. The van der Waals surface area contributed by atoms with Crippen molar-refractivity contribution >= 4 is 6.09 Å². The Bertz CT molecular complexity index is 473. The number of carbonyl (C=O) groups is 1. The molecule has 0 bridgehead atoms. The van der Waals surface area contributed by atoms with E-state index in [1.165, 1.54) is 12.4 Å². The first-order chi connectivity index (χ1) is 10.5. The number of piperazine rings is 1. The number of nitrogens with zero attached hydrogens (tertiary/aromatic N) is 4. The molecule has 1 amide bonds. The fourth-order valence-corrected chi connectivity index (χ4v) is 2.36. The van der Waals surface area contributed by atoms with Crippen LogP contribution in [0.2, 0.25) is 0 Å². The molecular weight excluding hydrogens is 287 g/mol. The van der Waals surface area contributed by atoms with Crippen LogP contribution in [-0.2, 0) is 11.2 Å². The minimum atomic E-state index is -0.409. The van der Waals surface area contributed by atoms with Gasteiger partial charge in [-0.05, 0) is 26.8 Å². The summed E-state index contributed by atoms with van der Waals surface area (Å²) in [7, 11) is 0. The molecule has 1 fully saturated rings. The highest BCUT2D eigenvalue weighted by atomic mass is 19.1.